The normalized spacial score (nSPS) is 10.9. The Labute approximate surface area is 135 Å². The summed E-state index contributed by atoms with van der Waals surface area (Å²) in [5, 5.41) is 1.04. The number of nitrogens with one attached hydrogen (secondary N) is 1. The van der Waals surface area contributed by atoms with Crippen LogP contribution in [0.3, 0.4) is 0 Å². The molecule has 0 radical (unpaired) electrons. The first kappa shape index (κ1) is 13.2. The van der Waals surface area contributed by atoms with E-state index in [2.05, 4.69) is 52.8 Å². The van der Waals surface area contributed by atoms with Crippen LogP contribution in [0.25, 0.3) is 10.9 Å². The standard InChI is InChI=1S/C14H8Br3NO/c15-8-1-3-9(4-2-8)19-14-7-18-13-6-12(17)11(16)5-10(13)14/h1-7,18H. The van der Waals surface area contributed by atoms with E-state index < -0.39 is 0 Å². The molecule has 2 nitrogen and oxygen atoms in total. The molecule has 0 aliphatic carbocycles. The minimum Gasteiger partial charge on any atom is -0.455 e. The van der Waals surface area contributed by atoms with Crippen molar-refractivity contribution in [2.45, 2.75) is 0 Å². The maximum atomic E-state index is 5.89. The molecule has 0 atom stereocenters. The summed E-state index contributed by atoms with van der Waals surface area (Å²) in [7, 11) is 0. The molecular formula is C14H8Br3NO. The third-order valence-corrected chi connectivity index (χ3v) is 5.10. The molecule has 0 aliphatic rings. The predicted molar refractivity (Wildman–Crippen MR) is 87.9 cm³/mol. The monoisotopic (exact) mass is 443 g/mol. The third-order valence-electron chi connectivity index (χ3n) is 2.73. The maximum Gasteiger partial charge on any atom is 0.152 e. The maximum absolute atomic E-state index is 5.89. The summed E-state index contributed by atoms with van der Waals surface area (Å²) in [6.07, 6.45) is 1.87. The molecule has 96 valence electrons. The van der Waals surface area contributed by atoms with Gasteiger partial charge in [0.1, 0.15) is 5.75 Å². The molecule has 0 bridgehead atoms. The number of halogens is 3. The molecule has 5 heteroatoms. The summed E-state index contributed by atoms with van der Waals surface area (Å²) in [5.74, 6) is 1.62. The van der Waals surface area contributed by atoms with Crippen LogP contribution in [0.1, 0.15) is 0 Å². The van der Waals surface area contributed by atoms with E-state index in [1.54, 1.807) is 0 Å². The number of hydrogen-bond acceptors (Lipinski definition) is 1. The summed E-state index contributed by atoms with van der Waals surface area (Å²) < 4.78 is 8.94. The summed E-state index contributed by atoms with van der Waals surface area (Å²) in [4.78, 5) is 3.20. The van der Waals surface area contributed by atoms with Gasteiger partial charge < -0.3 is 9.72 Å². The number of ether oxygens (including phenoxy) is 1. The van der Waals surface area contributed by atoms with Crippen molar-refractivity contribution in [2.75, 3.05) is 0 Å². The zero-order valence-electron chi connectivity index (χ0n) is 9.58. The zero-order chi connectivity index (χ0) is 13.4. The van der Waals surface area contributed by atoms with Crippen LogP contribution in [0.5, 0.6) is 11.5 Å². The SMILES string of the molecule is Brc1ccc(Oc2c[nH]c3cc(Br)c(Br)cc23)cc1. The van der Waals surface area contributed by atoms with Crippen molar-refractivity contribution >= 4 is 58.7 Å². The number of aromatic nitrogens is 1. The van der Waals surface area contributed by atoms with Crippen LogP contribution in [-0.4, -0.2) is 4.98 Å². The molecule has 0 aliphatic heterocycles. The largest absolute Gasteiger partial charge is 0.455 e. The van der Waals surface area contributed by atoms with Gasteiger partial charge in [-0.3, -0.25) is 0 Å². The first-order valence-electron chi connectivity index (χ1n) is 5.53. The summed E-state index contributed by atoms with van der Waals surface area (Å²) in [6.45, 7) is 0. The molecule has 0 spiro atoms. The van der Waals surface area contributed by atoms with Gasteiger partial charge in [0, 0.05) is 25.0 Å². The summed E-state index contributed by atoms with van der Waals surface area (Å²) >= 11 is 10.4. The minimum absolute atomic E-state index is 0.808. The third kappa shape index (κ3) is 2.73. The molecule has 0 saturated carbocycles. The van der Waals surface area contributed by atoms with Crippen LogP contribution in [0, 0.1) is 0 Å². The first-order chi connectivity index (χ1) is 9.13. The van der Waals surface area contributed by atoms with E-state index in [1.165, 1.54) is 0 Å². The van der Waals surface area contributed by atoms with Gasteiger partial charge in [-0.2, -0.15) is 0 Å². The van der Waals surface area contributed by atoms with E-state index in [4.69, 9.17) is 4.74 Å². The Hall–Kier alpha value is -0.780. The van der Waals surface area contributed by atoms with Crippen LogP contribution < -0.4 is 4.74 Å². The van der Waals surface area contributed by atoms with Gasteiger partial charge in [-0.1, -0.05) is 15.9 Å². The van der Waals surface area contributed by atoms with Crippen molar-refractivity contribution in [3.05, 3.63) is 56.0 Å². The Balaban J connectivity index is 2.01. The highest BCUT2D eigenvalue weighted by Gasteiger charge is 2.08. The van der Waals surface area contributed by atoms with Gasteiger partial charge in [0.05, 0.1) is 5.52 Å². The summed E-state index contributed by atoms with van der Waals surface area (Å²) in [5.41, 5.74) is 1.03. The number of hydrogen-bond donors (Lipinski definition) is 1. The molecular weight excluding hydrogens is 438 g/mol. The fraction of sp³-hybridized carbons (Fsp3) is 0. The highest BCUT2D eigenvalue weighted by Crippen LogP contribution is 2.35. The molecule has 3 rings (SSSR count). The molecule has 3 aromatic rings. The number of fused-ring (bicyclic) bond motifs is 1. The van der Waals surface area contributed by atoms with E-state index in [0.717, 1.165) is 35.8 Å². The highest BCUT2D eigenvalue weighted by atomic mass is 79.9. The number of H-pyrrole nitrogens is 1. The Morgan fingerprint density at radius 1 is 0.895 bits per heavy atom. The van der Waals surface area contributed by atoms with Crippen molar-refractivity contribution in [2.24, 2.45) is 0 Å². The van der Waals surface area contributed by atoms with Crippen molar-refractivity contribution < 1.29 is 4.74 Å². The van der Waals surface area contributed by atoms with Crippen molar-refractivity contribution in [1.29, 1.82) is 0 Å². The Morgan fingerprint density at radius 2 is 1.58 bits per heavy atom. The smallest absolute Gasteiger partial charge is 0.152 e. The van der Waals surface area contributed by atoms with Gasteiger partial charge in [0.15, 0.2) is 5.75 Å². The van der Waals surface area contributed by atoms with Gasteiger partial charge in [-0.05, 0) is 68.3 Å². The van der Waals surface area contributed by atoms with Gasteiger partial charge in [-0.25, -0.2) is 0 Å². The number of rotatable bonds is 2. The van der Waals surface area contributed by atoms with E-state index in [-0.39, 0.29) is 0 Å². The zero-order valence-corrected chi connectivity index (χ0v) is 14.3. The van der Waals surface area contributed by atoms with Gasteiger partial charge in [0.2, 0.25) is 0 Å². The van der Waals surface area contributed by atoms with Crippen molar-refractivity contribution in [3.8, 4) is 11.5 Å². The fourth-order valence-electron chi connectivity index (χ4n) is 1.81. The van der Waals surface area contributed by atoms with Crippen molar-refractivity contribution in [1.82, 2.24) is 4.98 Å². The second kappa shape index (κ2) is 5.31. The van der Waals surface area contributed by atoms with Crippen LogP contribution in [-0.2, 0) is 0 Å². The van der Waals surface area contributed by atoms with Gasteiger partial charge >= 0.3 is 0 Å². The molecule has 1 aromatic heterocycles. The Morgan fingerprint density at radius 3 is 2.32 bits per heavy atom. The molecule has 0 fully saturated rings. The van der Waals surface area contributed by atoms with E-state index >= 15 is 0 Å². The molecule has 1 heterocycles. The molecule has 0 unspecified atom stereocenters. The van der Waals surface area contributed by atoms with Crippen LogP contribution >= 0.6 is 47.8 Å². The minimum atomic E-state index is 0.808. The quantitative estimate of drug-likeness (QED) is 0.495. The topological polar surface area (TPSA) is 25.0 Å². The predicted octanol–water partition coefficient (Wildman–Crippen LogP) is 6.25. The fourth-order valence-corrected chi connectivity index (χ4v) is 2.76. The molecule has 0 saturated heterocycles. The van der Waals surface area contributed by atoms with Crippen molar-refractivity contribution in [3.63, 3.8) is 0 Å². The average molecular weight is 446 g/mol. The number of benzene rings is 2. The Kier molecular flexibility index (Phi) is 3.69. The number of aromatic amines is 1. The van der Waals surface area contributed by atoms with Gasteiger partial charge in [-0.15, -0.1) is 0 Å². The molecule has 0 amide bonds. The van der Waals surface area contributed by atoms with Crippen LogP contribution in [0.15, 0.2) is 56.0 Å². The van der Waals surface area contributed by atoms with Crippen LogP contribution in [0.4, 0.5) is 0 Å². The van der Waals surface area contributed by atoms with Gasteiger partial charge in [0.25, 0.3) is 0 Å². The van der Waals surface area contributed by atoms with E-state index in [0.29, 0.717) is 0 Å². The second-order valence-electron chi connectivity index (χ2n) is 4.02. The average Bonchev–Trinajstić information content (AvgIpc) is 2.76. The Bertz CT molecular complexity index is 734. The van der Waals surface area contributed by atoms with Crippen LogP contribution in [0.2, 0.25) is 0 Å². The lowest BCUT2D eigenvalue weighted by molar-refractivity contribution is 0.488. The lowest BCUT2D eigenvalue weighted by Crippen LogP contribution is -1.82. The summed E-state index contributed by atoms with van der Waals surface area (Å²) in [6, 6.07) is 11.8. The molecule has 19 heavy (non-hydrogen) atoms. The van der Waals surface area contributed by atoms with E-state index in [9.17, 15) is 0 Å². The molecule has 1 N–H and O–H groups in total. The second-order valence-corrected chi connectivity index (χ2v) is 6.65. The van der Waals surface area contributed by atoms with E-state index in [1.807, 2.05) is 42.6 Å². The lowest BCUT2D eigenvalue weighted by atomic mass is 10.2. The first-order valence-corrected chi connectivity index (χ1v) is 7.91. The molecule has 2 aromatic carbocycles. The highest BCUT2D eigenvalue weighted by molar-refractivity contribution is 9.13. The lowest BCUT2D eigenvalue weighted by Gasteiger charge is -2.04.